The van der Waals surface area contributed by atoms with E-state index in [4.69, 9.17) is 26.4 Å². The Balaban J connectivity index is 1.42. The zero-order chi connectivity index (χ0) is 31.1. The molecular weight excluding hydrogens is 570 g/mol. The van der Waals surface area contributed by atoms with E-state index in [9.17, 15) is 14.4 Å². The number of nitrogens with zero attached hydrogens (tertiary/aromatic N) is 2. The van der Waals surface area contributed by atoms with E-state index < -0.39 is 17.9 Å². The van der Waals surface area contributed by atoms with Crippen molar-refractivity contribution in [2.45, 2.75) is 40.7 Å². The summed E-state index contributed by atoms with van der Waals surface area (Å²) in [6.07, 6.45) is 1.57. The molecule has 0 fully saturated rings. The van der Waals surface area contributed by atoms with Crippen molar-refractivity contribution in [2.75, 3.05) is 13.2 Å². The van der Waals surface area contributed by atoms with Gasteiger partial charge in [-0.3, -0.25) is 9.59 Å². The number of benzene rings is 2. The Morgan fingerprint density at radius 2 is 1.81 bits per heavy atom. The molecule has 2 aromatic carbocycles. The third kappa shape index (κ3) is 7.46. The molecule has 0 aliphatic carbocycles. The summed E-state index contributed by atoms with van der Waals surface area (Å²) in [4.78, 5) is 36.6. The topological polar surface area (TPSA) is 132 Å². The Hall–Kier alpha value is -4.97. The van der Waals surface area contributed by atoms with Crippen molar-refractivity contribution in [2.24, 2.45) is 5.10 Å². The Kier molecular flexibility index (Phi) is 9.94. The number of hydrogen-bond acceptors (Lipinski definition) is 8. The van der Waals surface area contributed by atoms with Crippen LogP contribution in [0.5, 0.6) is 11.5 Å². The number of carbonyl (C=O) groups excluding carboxylic acids is 3. The highest BCUT2D eigenvalue weighted by molar-refractivity contribution is 7.80. The first-order valence-electron chi connectivity index (χ1n) is 13.6. The molecule has 1 aromatic heterocycles. The highest BCUT2D eigenvalue weighted by Crippen LogP contribution is 2.33. The second-order valence-electron chi connectivity index (χ2n) is 9.66. The van der Waals surface area contributed by atoms with Gasteiger partial charge in [-0.25, -0.2) is 10.2 Å². The minimum Gasteiger partial charge on any atom is -0.483 e. The van der Waals surface area contributed by atoms with Gasteiger partial charge < -0.3 is 29.4 Å². The van der Waals surface area contributed by atoms with Gasteiger partial charge in [0.15, 0.2) is 11.7 Å². The predicted octanol–water partition coefficient (Wildman–Crippen LogP) is 3.90. The zero-order valence-corrected chi connectivity index (χ0v) is 25.3. The van der Waals surface area contributed by atoms with E-state index in [0.717, 1.165) is 22.6 Å². The molecule has 0 radical (unpaired) electrons. The van der Waals surface area contributed by atoms with Gasteiger partial charge in [0.1, 0.15) is 11.5 Å². The molecule has 2 heterocycles. The van der Waals surface area contributed by atoms with Crippen molar-refractivity contribution in [1.29, 1.82) is 0 Å². The summed E-state index contributed by atoms with van der Waals surface area (Å²) >= 11 is 5.32. The van der Waals surface area contributed by atoms with E-state index in [0.29, 0.717) is 33.4 Å². The quantitative estimate of drug-likeness (QED) is 0.104. The minimum atomic E-state index is -0.627. The first-order chi connectivity index (χ1) is 20.6. The summed E-state index contributed by atoms with van der Waals surface area (Å²) in [5.41, 5.74) is 7.65. The molecule has 1 atom stereocenters. The highest BCUT2D eigenvalue weighted by atomic mass is 32.1. The maximum Gasteiger partial charge on any atom is 0.338 e. The Morgan fingerprint density at radius 3 is 2.51 bits per heavy atom. The van der Waals surface area contributed by atoms with Gasteiger partial charge >= 0.3 is 11.9 Å². The number of carbonyl (C=O) groups is 3. The fourth-order valence-corrected chi connectivity index (χ4v) is 5.02. The van der Waals surface area contributed by atoms with Gasteiger partial charge in [0.25, 0.3) is 5.91 Å². The average molecular weight is 604 g/mol. The average Bonchev–Trinajstić information content (AvgIpc) is 3.24. The first-order valence-corrected chi connectivity index (χ1v) is 14.0. The third-order valence-corrected chi connectivity index (χ3v) is 6.79. The summed E-state index contributed by atoms with van der Waals surface area (Å²) in [5.74, 6) is -0.453. The number of hydrogen-bond donors (Lipinski definition) is 3. The van der Waals surface area contributed by atoms with Crippen LogP contribution in [0.4, 0.5) is 0 Å². The molecule has 3 N–H and O–H groups in total. The van der Waals surface area contributed by atoms with E-state index >= 15 is 0 Å². The van der Waals surface area contributed by atoms with Crippen LogP contribution in [-0.4, -0.2) is 47.0 Å². The van der Waals surface area contributed by atoms with E-state index in [-0.39, 0.29) is 19.2 Å². The molecule has 4 rings (SSSR count). The fraction of sp³-hybridized carbons (Fsp3) is 0.258. The van der Waals surface area contributed by atoms with Crippen LogP contribution in [-0.2, 0) is 19.1 Å². The predicted molar refractivity (Wildman–Crippen MR) is 165 cm³/mol. The summed E-state index contributed by atoms with van der Waals surface area (Å²) in [5, 5.41) is 10.5. The lowest BCUT2D eigenvalue weighted by atomic mass is 9.95. The van der Waals surface area contributed by atoms with Crippen LogP contribution in [0, 0.1) is 13.8 Å². The summed E-state index contributed by atoms with van der Waals surface area (Å²) in [7, 11) is 0. The molecule has 0 saturated heterocycles. The molecule has 12 heteroatoms. The Morgan fingerprint density at radius 1 is 1.09 bits per heavy atom. The Labute approximate surface area is 254 Å². The zero-order valence-electron chi connectivity index (χ0n) is 24.5. The SMILES string of the molecule is CCOC(=O)C1=C(C)NC(=S)N[C@@H]1c1ccccc1OCC(=O)NN=Cc1cc(C)n(-c2ccc(OC(C)=O)cc2)c1C. The number of rotatable bonds is 10. The maximum absolute atomic E-state index is 12.7. The number of thiocarbonyl (C=S) groups is 1. The molecule has 0 saturated carbocycles. The lowest BCUT2D eigenvalue weighted by Crippen LogP contribution is -2.45. The fourth-order valence-electron chi connectivity index (χ4n) is 4.75. The standard InChI is InChI=1S/C31H33N5O6S/c1-6-40-30(39)28-19(3)33-31(43)34-29(28)25-9-7-8-10-26(25)41-17-27(38)35-32-16-22-15-18(2)36(20(22)4)23-11-13-24(14-12-23)42-21(5)37/h7-16,29H,6,17H2,1-5H3,(H,35,38)(H2,33,34,43)/t29-/m1/s1. The van der Waals surface area contributed by atoms with Gasteiger partial charge in [0.2, 0.25) is 0 Å². The van der Waals surface area contributed by atoms with Crippen molar-refractivity contribution in [3.05, 3.63) is 88.4 Å². The van der Waals surface area contributed by atoms with Gasteiger partial charge in [-0.2, -0.15) is 5.10 Å². The third-order valence-electron chi connectivity index (χ3n) is 6.57. The van der Waals surface area contributed by atoms with Gasteiger partial charge in [0.05, 0.1) is 24.4 Å². The molecule has 0 bridgehead atoms. The number of hydrazone groups is 1. The molecule has 1 amide bonds. The first kappa shape index (κ1) is 31.0. The second kappa shape index (κ2) is 13.8. The lowest BCUT2D eigenvalue weighted by molar-refractivity contribution is -0.139. The number of ether oxygens (including phenoxy) is 3. The van der Waals surface area contributed by atoms with Crippen LogP contribution in [0.3, 0.4) is 0 Å². The van der Waals surface area contributed by atoms with Gasteiger partial charge in [-0.15, -0.1) is 0 Å². The van der Waals surface area contributed by atoms with E-state index in [1.807, 2.05) is 42.7 Å². The van der Waals surface area contributed by atoms with E-state index in [1.165, 1.54) is 6.92 Å². The molecular formula is C31H33N5O6S. The minimum absolute atomic E-state index is 0.222. The molecule has 11 nitrogen and oxygen atoms in total. The number of aryl methyl sites for hydroxylation is 1. The number of esters is 2. The smallest absolute Gasteiger partial charge is 0.338 e. The van der Waals surface area contributed by atoms with Crippen LogP contribution >= 0.6 is 12.2 Å². The normalized spacial score (nSPS) is 14.6. The monoisotopic (exact) mass is 603 g/mol. The van der Waals surface area contributed by atoms with Gasteiger partial charge in [-0.1, -0.05) is 18.2 Å². The van der Waals surface area contributed by atoms with Gasteiger partial charge in [-0.05, 0) is 76.3 Å². The summed E-state index contributed by atoms with van der Waals surface area (Å²) < 4.78 is 18.3. The van der Waals surface area contributed by atoms with Crippen molar-refractivity contribution in [3.63, 3.8) is 0 Å². The van der Waals surface area contributed by atoms with Crippen molar-refractivity contribution in [3.8, 4) is 17.2 Å². The lowest BCUT2D eigenvalue weighted by Gasteiger charge is -2.30. The van der Waals surface area contributed by atoms with Crippen molar-refractivity contribution in [1.82, 2.24) is 20.6 Å². The number of allylic oxidation sites excluding steroid dienone is 1. The number of nitrogens with one attached hydrogen (secondary N) is 3. The maximum atomic E-state index is 12.7. The largest absolute Gasteiger partial charge is 0.483 e. The van der Waals surface area contributed by atoms with Crippen molar-refractivity contribution < 1.29 is 28.6 Å². The van der Waals surface area contributed by atoms with Crippen LogP contribution < -0.4 is 25.5 Å². The van der Waals surface area contributed by atoms with Crippen molar-refractivity contribution >= 4 is 41.4 Å². The molecule has 224 valence electrons. The molecule has 1 aliphatic heterocycles. The van der Waals surface area contributed by atoms with Crippen LogP contribution in [0.2, 0.25) is 0 Å². The second-order valence-corrected chi connectivity index (χ2v) is 10.1. The van der Waals surface area contributed by atoms with Crippen LogP contribution in [0.15, 0.2) is 71.0 Å². The molecule has 0 spiro atoms. The molecule has 0 unspecified atom stereocenters. The number of amides is 1. The molecule has 3 aromatic rings. The highest BCUT2D eigenvalue weighted by Gasteiger charge is 2.32. The van der Waals surface area contributed by atoms with E-state index in [1.54, 1.807) is 50.4 Å². The summed E-state index contributed by atoms with van der Waals surface area (Å²) in [6, 6.07) is 15.6. The number of para-hydroxylation sites is 1. The molecule has 43 heavy (non-hydrogen) atoms. The van der Waals surface area contributed by atoms with Gasteiger partial charge in [0, 0.05) is 40.8 Å². The Bertz CT molecular complexity index is 1610. The summed E-state index contributed by atoms with van der Waals surface area (Å²) in [6.45, 7) is 8.66. The molecule has 1 aliphatic rings. The number of aromatic nitrogens is 1. The van der Waals surface area contributed by atoms with E-state index in [2.05, 4.69) is 21.2 Å². The van der Waals surface area contributed by atoms with Crippen LogP contribution in [0.25, 0.3) is 5.69 Å². The van der Waals surface area contributed by atoms with Crippen LogP contribution in [0.1, 0.15) is 49.3 Å².